The highest BCUT2D eigenvalue weighted by Crippen LogP contribution is 2.25. The van der Waals surface area contributed by atoms with Gasteiger partial charge in [-0.25, -0.2) is 0 Å². The summed E-state index contributed by atoms with van der Waals surface area (Å²) in [5, 5.41) is 18.7. The zero-order valence-electron chi connectivity index (χ0n) is 12.0. The first-order chi connectivity index (χ1) is 10.2. The van der Waals surface area contributed by atoms with Crippen LogP contribution in [0.15, 0.2) is 42.5 Å². The fourth-order valence-electron chi connectivity index (χ4n) is 2.88. The van der Waals surface area contributed by atoms with Gasteiger partial charge in [0.25, 0.3) is 0 Å². The van der Waals surface area contributed by atoms with E-state index in [1.165, 1.54) is 24.0 Å². The predicted molar refractivity (Wildman–Crippen MR) is 83.7 cm³/mol. The Hall–Kier alpha value is -1.78. The second kappa shape index (κ2) is 6.33. The zero-order chi connectivity index (χ0) is 14.7. The van der Waals surface area contributed by atoms with E-state index < -0.39 is 7.12 Å². The Balaban J connectivity index is 1.73. The number of ether oxygens (including phenoxy) is 1. The van der Waals surface area contributed by atoms with Crippen LogP contribution < -0.4 is 10.2 Å². The molecule has 21 heavy (non-hydrogen) atoms. The monoisotopic (exact) mass is 282 g/mol. The summed E-state index contributed by atoms with van der Waals surface area (Å²) in [6, 6.07) is 13.5. The summed E-state index contributed by atoms with van der Waals surface area (Å²) in [7, 11) is -1.46. The van der Waals surface area contributed by atoms with E-state index in [2.05, 4.69) is 12.1 Å². The van der Waals surface area contributed by atoms with Gasteiger partial charge in [-0.05, 0) is 60.0 Å². The molecule has 3 nitrogen and oxygen atoms in total. The van der Waals surface area contributed by atoms with Crippen LogP contribution in [0.5, 0.6) is 5.75 Å². The van der Waals surface area contributed by atoms with Crippen molar-refractivity contribution in [1.29, 1.82) is 0 Å². The van der Waals surface area contributed by atoms with Crippen molar-refractivity contribution in [2.75, 3.05) is 0 Å². The summed E-state index contributed by atoms with van der Waals surface area (Å²) in [5.74, 6) is 0.845. The van der Waals surface area contributed by atoms with E-state index in [1.54, 1.807) is 12.1 Å². The summed E-state index contributed by atoms with van der Waals surface area (Å²) in [5.41, 5.74) is 4.11. The van der Waals surface area contributed by atoms with E-state index in [4.69, 9.17) is 4.74 Å². The van der Waals surface area contributed by atoms with E-state index in [9.17, 15) is 10.0 Å². The predicted octanol–water partition coefficient (Wildman–Crippen LogP) is 1.82. The molecule has 1 aliphatic rings. The van der Waals surface area contributed by atoms with Gasteiger partial charge < -0.3 is 14.8 Å². The topological polar surface area (TPSA) is 49.7 Å². The average Bonchev–Trinajstić information content (AvgIpc) is 2.53. The first kappa shape index (κ1) is 14.2. The van der Waals surface area contributed by atoms with Crippen LogP contribution in [0.3, 0.4) is 0 Å². The van der Waals surface area contributed by atoms with Crippen LogP contribution >= 0.6 is 0 Å². The average molecular weight is 282 g/mol. The van der Waals surface area contributed by atoms with Crippen molar-refractivity contribution in [2.45, 2.75) is 32.3 Å². The Bertz CT molecular complexity index is 625. The summed E-state index contributed by atoms with van der Waals surface area (Å²) in [4.78, 5) is 0. The molecule has 4 heteroatoms. The second-order valence-electron chi connectivity index (χ2n) is 5.50. The lowest BCUT2D eigenvalue weighted by molar-refractivity contribution is 0.305. The molecule has 0 bridgehead atoms. The highest BCUT2D eigenvalue weighted by atomic mass is 16.5. The molecular formula is C17H19BO3. The van der Waals surface area contributed by atoms with Gasteiger partial charge in [-0.1, -0.05) is 30.3 Å². The third-order valence-electron chi connectivity index (χ3n) is 4.05. The molecule has 2 aromatic carbocycles. The molecule has 0 unspecified atom stereocenters. The van der Waals surface area contributed by atoms with Crippen molar-refractivity contribution in [3.63, 3.8) is 0 Å². The van der Waals surface area contributed by atoms with Gasteiger partial charge in [-0.2, -0.15) is 0 Å². The lowest BCUT2D eigenvalue weighted by Crippen LogP contribution is -2.33. The van der Waals surface area contributed by atoms with Crippen LogP contribution in [0.25, 0.3) is 0 Å². The molecule has 2 N–H and O–H groups in total. The molecular weight excluding hydrogens is 263 g/mol. The van der Waals surface area contributed by atoms with Gasteiger partial charge in [0.15, 0.2) is 0 Å². The molecule has 0 heterocycles. The molecule has 0 aliphatic heterocycles. The fourth-order valence-corrected chi connectivity index (χ4v) is 2.88. The van der Waals surface area contributed by atoms with Crippen molar-refractivity contribution in [1.82, 2.24) is 0 Å². The largest absolute Gasteiger partial charge is 0.489 e. The molecule has 2 aromatic rings. The molecule has 0 saturated heterocycles. The van der Waals surface area contributed by atoms with E-state index >= 15 is 0 Å². The number of fused-ring (bicyclic) bond motifs is 1. The van der Waals surface area contributed by atoms with Crippen LogP contribution in [0.4, 0.5) is 0 Å². The summed E-state index contributed by atoms with van der Waals surface area (Å²) in [6.07, 6.45) is 4.80. The number of rotatable bonds is 4. The fraction of sp³-hybridized carbons (Fsp3) is 0.294. The van der Waals surface area contributed by atoms with Gasteiger partial charge in [0.05, 0.1) is 0 Å². The van der Waals surface area contributed by atoms with Crippen LogP contribution in [0.2, 0.25) is 0 Å². The maximum absolute atomic E-state index is 9.36. The van der Waals surface area contributed by atoms with Crippen LogP contribution in [0, 0.1) is 0 Å². The molecule has 0 fully saturated rings. The Morgan fingerprint density at radius 1 is 0.952 bits per heavy atom. The third-order valence-corrected chi connectivity index (χ3v) is 4.05. The van der Waals surface area contributed by atoms with Crippen molar-refractivity contribution in [2.24, 2.45) is 0 Å². The molecule has 0 atom stereocenters. The van der Waals surface area contributed by atoms with E-state index in [0.717, 1.165) is 24.2 Å². The first-order valence-corrected chi connectivity index (χ1v) is 7.42. The minimum Gasteiger partial charge on any atom is -0.489 e. The van der Waals surface area contributed by atoms with E-state index in [0.29, 0.717) is 12.1 Å². The van der Waals surface area contributed by atoms with Crippen LogP contribution in [0.1, 0.15) is 29.5 Å². The zero-order valence-corrected chi connectivity index (χ0v) is 12.0. The number of benzene rings is 2. The number of hydrogen-bond acceptors (Lipinski definition) is 3. The van der Waals surface area contributed by atoms with E-state index in [-0.39, 0.29) is 0 Å². The molecule has 0 saturated carbocycles. The minimum absolute atomic E-state index is 0.340. The Kier molecular flexibility index (Phi) is 4.27. The standard InChI is InChI=1S/C17H19BO3/c19-18(20)17-8-4-3-7-15(17)12-21-16-10-9-13-5-1-2-6-14(13)11-16/h3-4,7-11,19-20H,1-2,5-6,12H2. The van der Waals surface area contributed by atoms with Crippen molar-refractivity contribution >= 4 is 12.6 Å². The smallest absolute Gasteiger partial charge is 0.488 e. The quantitative estimate of drug-likeness (QED) is 0.841. The molecule has 1 aliphatic carbocycles. The number of aryl methyl sites for hydroxylation is 2. The Labute approximate surface area is 125 Å². The second-order valence-corrected chi connectivity index (χ2v) is 5.50. The van der Waals surface area contributed by atoms with Crippen molar-refractivity contribution in [3.05, 3.63) is 59.2 Å². The molecule has 108 valence electrons. The van der Waals surface area contributed by atoms with Gasteiger partial charge >= 0.3 is 7.12 Å². The molecule has 0 aromatic heterocycles. The Morgan fingerprint density at radius 3 is 2.52 bits per heavy atom. The van der Waals surface area contributed by atoms with Gasteiger partial charge in [0.1, 0.15) is 12.4 Å². The van der Waals surface area contributed by atoms with Crippen molar-refractivity contribution in [3.8, 4) is 5.75 Å². The lowest BCUT2D eigenvalue weighted by atomic mass is 9.77. The van der Waals surface area contributed by atoms with Crippen molar-refractivity contribution < 1.29 is 14.8 Å². The maximum atomic E-state index is 9.36. The molecule has 0 amide bonds. The molecule has 0 spiro atoms. The van der Waals surface area contributed by atoms with Crippen LogP contribution in [-0.2, 0) is 19.4 Å². The summed E-state index contributed by atoms with van der Waals surface area (Å²) < 4.78 is 5.83. The molecule has 3 rings (SSSR count). The van der Waals surface area contributed by atoms with Gasteiger partial charge in [-0.15, -0.1) is 0 Å². The van der Waals surface area contributed by atoms with E-state index in [1.807, 2.05) is 18.2 Å². The normalized spacial score (nSPS) is 13.6. The molecule has 0 radical (unpaired) electrons. The number of hydrogen-bond donors (Lipinski definition) is 2. The third kappa shape index (κ3) is 3.28. The SMILES string of the molecule is OB(O)c1ccccc1COc1ccc2c(c1)CCCC2. The minimum atomic E-state index is -1.46. The summed E-state index contributed by atoms with van der Waals surface area (Å²) in [6.45, 7) is 0.340. The highest BCUT2D eigenvalue weighted by molar-refractivity contribution is 6.59. The van der Waals surface area contributed by atoms with Crippen LogP contribution in [-0.4, -0.2) is 17.2 Å². The van der Waals surface area contributed by atoms with Gasteiger partial charge in [0.2, 0.25) is 0 Å². The Morgan fingerprint density at radius 2 is 1.71 bits per heavy atom. The maximum Gasteiger partial charge on any atom is 0.488 e. The van der Waals surface area contributed by atoms with Gasteiger partial charge in [-0.3, -0.25) is 0 Å². The highest BCUT2D eigenvalue weighted by Gasteiger charge is 2.15. The first-order valence-electron chi connectivity index (χ1n) is 7.42. The van der Waals surface area contributed by atoms with Gasteiger partial charge in [0, 0.05) is 0 Å². The lowest BCUT2D eigenvalue weighted by Gasteiger charge is -2.17. The summed E-state index contributed by atoms with van der Waals surface area (Å²) >= 11 is 0.